The second-order valence-electron chi connectivity index (χ2n) is 11.8. The molecule has 0 saturated heterocycles. The van der Waals surface area contributed by atoms with Gasteiger partial charge in [0.15, 0.2) is 5.58 Å². The van der Waals surface area contributed by atoms with Gasteiger partial charge in [-0.1, -0.05) is 145 Å². The molecule has 0 bridgehead atoms. The molecule has 9 rings (SSSR count). The number of anilines is 3. The Morgan fingerprint density at radius 1 is 0.478 bits per heavy atom. The first-order valence-corrected chi connectivity index (χ1v) is 15.9. The van der Waals surface area contributed by atoms with Crippen molar-refractivity contribution >= 4 is 50.6 Å². The lowest BCUT2D eigenvalue weighted by atomic mass is 9.68. The Morgan fingerprint density at radius 2 is 1.09 bits per heavy atom. The molecule has 0 amide bonds. The molecule has 1 aliphatic rings. The summed E-state index contributed by atoms with van der Waals surface area (Å²) in [6.45, 7) is 0. The number of benzene rings is 7. The highest BCUT2D eigenvalue weighted by Crippen LogP contribution is 2.57. The highest BCUT2D eigenvalue weighted by molar-refractivity contribution is 6.33. The van der Waals surface area contributed by atoms with Crippen molar-refractivity contribution in [1.82, 2.24) is 0 Å². The van der Waals surface area contributed by atoms with Crippen molar-refractivity contribution in [3.05, 3.63) is 197 Å². The van der Waals surface area contributed by atoms with Gasteiger partial charge in [0.25, 0.3) is 0 Å². The number of nitrogens with zero attached hydrogens (tertiary/aromatic N) is 1. The summed E-state index contributed by atoms with van der Waals surface area (Å²) in [4.78, 5) is 2.24. The molecule has 2 nitrogen and oxygen atoms in total. The van der Waals surface area contributed by atoms with Crippen LogP contribution >= 0.6 is 11.6 Å². The maximum Gasteiger partial charge on any atom is 0.159 e. The summed E-state index contributed by atoms with van der Waals surface area (Å²) in [5.41, 5.74) is 11.5. The highest BCUT2D eigenvalue weighted by atomic mass is 35.5. The molecule has 0 aliphatic heterocycles. The number of para-hydroxylation sites is 3. The molecule has 0 atom stereocenters. The first-order chi connectivity index (χ1) is 22.7. The van der Waals surface area contributed by atoms with Crippen LogP contribution < -0.4 is 4.90 Å². The Morgan fingerprint density at radius 3 is 1.87 bits per heavy atom. The Bertz CT molecular complexity index is 2350. The summed E-state index contributed by atoms with van der Waals surface area (Å²) in [6, 6.07) is 60.1. The second kappa shape index (κ2) is 10.5. The summed E-state index contributed by atoms with van der Waals surface area (Å²) in [6.07, 6.45) is 0. The van der Waals surface area contributed by atoms with E-state index in [1.807, 2.05) is 30.3 Å². The normalized spacial score (nSPS) is 13.1. The number of hydrogen-bond donors (Lipinski definition) is 0. The average Bonchev–Trinajstić information content (AvgIpc) is 3.64. The minimum absolute atomic E-state index is 0.457. The minimum Gasteiger partial charge on any atom is -0.454 e. The molecule has 1 heterocycles. The van der Waals surface area contributed by atoms with Gasteiger partial charge in [-0.15, -0.1) is 0 Å². The van der Waals surface area contributed by atoms with E-state index < -0.39 is 5.41 Å². The van der Waals surface area contributed by atoms with Crippen LogP contribution in [0.15, 0.2) is 174 Å². The van der Waals surface area contributed by atoms with E-state index in [-0.39, 0.29) is 0 Å². The van der Waals surface area contributed by atoms with Crippen LogP contribution in [0.25, 0.3) is 33.1 Å². The van der Waals surface area contributed by atoms with Crippen LogP contribution in [0.3, 0.4) is 0 Å². The van der Waals surface area contributed by atoms with E-state index in [4.69, 9.17) is 16.0 Å². The van der Waals surface area contributed by atoms with E-state index in [1.54, 1.807) is 0 Å². The van der Waals surface area contributed by atoms with E-state index in [0.717, 1.165) is 39.0 Å². The molecule has 7 aromatic carbocycles. The predicted molar refractivity (Wildman–Crippen MR) is 191 cm³/mol. The molecular formula is C43H28ClNO. The fourth-order valence-corrected chi connectivity index (χ4v) is 7.75. The Kier molecular flexibility index (Phi) is 6.12. The fourth-order valence-electron chi connectivity index (χ4n) is 7.53. The molecule has 0 N–H and O–H groups in total. The SMILES string of the molecule is Clc1ccccc1N(c1ccc2c(c1)-c1ccccc1C2(c1ccccc1)c1ccccc1)c1cccc2c1oc1ccccc12. The van der Waals surface area contributed by atoms with Crippen molar-refractivity contribution in [3.8, 4) is 11.1 Å². The summed E-state index contributed by atoms with van der Waals surface area (Å²) in [5, 5.41) is 2.83. The fraction of sp³-hybridized carbons (Fsp3) is 0.0233. The van der Waals surface area contributed by atoms with Crippen molar-refractivity contribution in [3.63, 3.8) is 0 Å². The number of halogens is 1. The third-order valence-electron chi connectivity index (χ3n) is 9.42. The van der Waals surface area contributed by atoms with Crippen molar-refractivity contribution in [2.75, 3.05) is 4.90 Å². The van der Waals surface area contributed by atoms with E-state index >= 15 is 0 Å². The van der Waals surface area contributed by atoms with Gasteiger partial charge in [-0.3, -0.25) is 0 Å². The zero-order valence-corrected chi connectivity index (χ0v) is 25.7. The molecule has 0 fully saturated rings. The maximum absolute atomic E-state index is 6.98. The molecular weight excluding hydrogens is 582 g/mol. The smallest absolute Gasteiger partial charge is 0.159 e. The van der Waals surface area contributed by atoms with Crippen LogP contribution in [0.1, 0.15) is 22.3 Å². The number of hydrogen-bond acceptors (Lipinski definition) is 2. The second-order valence-corrected chi connectivity index (χ2v) is 12.2. The van der Waals surface area contributed by atoms with Crippen molar-refractivity contribution in [1.29, 1.82) is 0 Å². The highest BCUT2D eigenvalue weighted by Gasteiger charge is 2.46. The molecule has 8 aromatic rings. The molecule has 0 radical (unpaired) electrons. The first-order valence-electron chi connectivity index (χ1n) is 15.6. The summed E-state index contributed by atoms with van der Waals surface area (Å²) in [7, 11) is 0. The predicted octanol–water partition coefficient (Wildman–Crippen LogP) is 12.1. The van der Waals surface area contributed by atoms with Crippen molar-refractivity contribution in [2.24, 2.45) is 0 Å². The maximum atomic E-state index is 6.98. The van der Waals surface area contributed by atoms with Crippen molar-refractivity contribution < 1.29 is 4.42 Å². The van der Waals surface area contributed by atoms with Gasteiger partial charge < -0.3 is 9.32 Å². The van der Waals surface area contributed by atoms with E-state index in [2.05, 4.69) is 144 Å². The molecule has 218 valence electrons. The van der Waals surface area contributed by atoms with Crippen LogP contribution in [0.5, 0.6) is 0 Å². The zero-order chi connectivity index (χ0) is 30.7. The largest absolute Gasteiger partial charge is 0.454 e. The Labute approximate surface area is 272 Å². The first kappa shape index (κ1) is 26.8. The topological polar surface area (TPSA) is 16.4 Å². The number of fused-ring (bicyclic) bond motifs is 6. The lowest BCUT2D eigenvalue weighted by Gasteiger charge is -2.34. The van der Waals surface area contributed by atoms with Gasteiger partial charge in [0.05, 0.1) is 21.8 Å². The van der Waals surface area contributed by atoms with Gasteiger partial charge in [-0.25, -0.2) is 0 Å². The van der Waals surface area contributed by atoms with E-state index in [9.17, 15) is 0 Å². The van der Waals surface area contributed by atoms with E-state index in [1.165, 1.54) is 33.4 Å². The lowest BCUT2D eigenvalue weighted by molar-refractivity contribution is 0.669. The monoisotopic (exact) mass is 609 g/mol. The Hall–Kier alpha value is -5.57. The molecule has 0 spiro atoms. The van der Waals surface area contributed by atoms with Crippen LogP contribution in [0.4, 0.5) is 17.1 Å². The third kappa shape index (κ3) is 3.84. The van der Waals surface area contributed by atoms with Gasteiger partial charge in [-0.05, 0) is 69.8 Å². The van der Waals surface area contributed by atoms with E-state index in [0.29, 0.717) is 5.02 Å². The molecule has 0 unspecified atom stereocenters. The number of rotatable bonds is 5. The zero-order valence-electron chi connectivity index (χ0n) is 24.9. The molecule has 1 aliphatic carbocycles. The summed E-state index contributed by atoms with van der Waals surface area (Å²) < 4.78 is 6.56. The number of furan rings is 1. The van der Waals surface area contributed by atoms with Crippen LogP contribution in [0.2, 0.25) is 5.02 Å². The summed E-state index contributed by atoms with van der Waals surface area (Å²) in [5.74, 6) is 0. The van der Waals surface area contributed by atoms with Crippen LogP contribution in [-0.4, -0.2) is 0 Å². The van der Waals surface area contributed by atoms with Gasteiger partial charge in [0, 0.05) is 16.5 Å². The molecule has 1 aromatic heterocycles. The Balaban J connectivity index is 1.34. The van der Waals surface area contributed by atoms with Gasteiger partial charge in [0.2, 0.25) is 0 Å². The van der Waals surface area contributed by atoms with Crippen LogP contribution in [0, 0.1) is 0 Å². The van der Waals surface area contributed by atoms with Gasteiger partial charge in [0.1, 0.15) is 5.58 Å². The standard InChI is InChI=1S/C43H28ClNO/c44-38-22-10-11-23-39(38)45(40-24-13-20-34-33-19-8-12-25-41(33)46-42(34)40)31-26-27-37-35(28-31)32-18-7-9-21-36(32)43(37,29-14-3-1-4-15-29)30-16-5-2-6-17-30/h1-28H. The molecule has 3 heteroatoms. The van der Waals surface area contributed by atoms with Crippen molar-refractivity contribution in [2.45, 2.75) is 5.41 Å². The van der Waals surface area contributed by atoms with Gasteiger partial charge >= 0.3 is 0 Å². The molecule has 46 heavy (non-hydrogen) atoms. The average molecular weight is 610 g/mol. The van der Waals surface area contributed by atoms with Gasteiger partial charge in [-0.2, -0.15) is 0 Å². The third-order valence-corrected chi connectivity index (χ3v) is 9.74. The summed E-state index contributed by atoms with van der Waals surface area (Å²) >= 11 is 6.98. The quantitative estimate of drug-likeness (QED) is 0.193. The minimum atomic E-state index is -0.457. The lowest BCUT2D eigenvalue weighted by Crippen LogP contribution is -2.28. The molecule has 0 saturated carbocycles. The van der Waals surface area contributed by atoms with Crippen LogP contribution in [-0.2, 0) is 5.41 Å².